The molecule has 0 bridgehead atoms. The first-order valence-corrected chi connectivity index (χ1v) is 5.55. The Morgan fingerprint density at radius 2 is 1.25 bits per heavy atom. The molecule has 0 amide bonds. The van der Waals surface area contributed by atoms with Crippen molar-refractivity contribution >= 4 is 25.3 Å². The Hall–Kier alpha value is -1.37. The van der Waals surface area contributed by atoms with Gasteiger partial charge in [0.15, 0.2) is 0 Å². The van der Waals surface area contributed by atoms with Crippen LogP contribution in [0, 0.1) is 11.3 Å². The Balaban J connectivity index is 0.000000165. The highest BCUT2D eigenvalue weighted by Crippen LogP contribution is 2.05. The van der Waals surface area contributed by atoms with Crippen molar-refractivity contribution in [1.82, 2.24) is 0 Å². The second-order valence-electron chi connectivity index (χ2n) is 2.99. The van der Waals surface area contributed by atoms with Gasteiger partial charge in [0, 0.05) is 9.79 Å². The van der Waals surface area contributed by atoms with Crippen LogP contribution in [-0.2, 0) is 0 Å². The highest BCUT2D eigenvalue weighted by molar-refractivity contribution is 7.80. The lowest BCUT2D eigenvalue weighted by molar-refractivity contribution is 1.42. The van der Waals surface area contributed by atoms with Gasteiger partial charge in [-0.05, 0) is 36.4 Å². The third kappa shape index (κ3) is 4.92. The van der Waals surface area contributed by atoms with Crippen LogP contribution in [0.3, 0.4) is 0 Å². The Labute approximate surface area is 107 Å². The maximum Gasteiger partial charge on any atom is 0.0991 e. The summed E-state index contributed by atoms with van der Waals surface area (Å²) in [6.07, 6.45) is 0. The molecular formula is C13H11NS2. The van der Waals surface area contributed by atoms with Gasteiger partial charge in [-0.25, -0.2) is 0 Å². The van der Waals surface area contributed by atoms with Crippen LogP contribution in [0.25, 0.3) is 0 Å². The van der Waals surface area contributed by atoms with Gasteiger partial charge < -0.3 is 0 Å². The number of hydrogen-bond donors (Lipinski definition) is 2. The fourth-order valence-corrected chi connectivity index (χ4v) is 1.29. The van der Waals surface area contributed by atoms with Crippen molar-refractivity contribution in [3.63, 3.8) is 0 Å². The molecule has 0 fully saturated rings. The van der Waals surface area contributed by atoms with Gasteiger partial charge >= 0.3 is 0 Å². The summed E-state index contributed by atoms with van der Waals surface area (Å²) in [6.45, 7) is 0. The van der Waals surface area contributed by atoms with E-state index in [1.54, 1.807) is 24.3 Å². The summed E-state index contributed by atoms with van der Waals surface area (Å²) < 4.78 is 0. The fourth-order valence-electron chi connectivity index (χ4n) is 0.964. The van der Waals surface area contributed by atoms with Gasteiger partial charge in [-0.1, -0.05) is 18.2 Å². The van der Waals surface area contributed by atoms with Crippen LogP contribution in [-0.4, -0.2) is 0 Å². The van der Waals surface area contributed by atoms with Gasteiger partial charge in [-0.3, -0.25) is 0 Å². The van der Waals surface area contributed by atoms with Crippen LogP contribution in [0.1, 0.15) is 5.56 Å². The normalized spacial score (nSPS) is 8.56. The molecule has 2 aromatic rings. The van der Waals surface area contributed by atoms with Crippen molar-refractivity contribution in [2.24, 2.45) is 0 Å². The highest BCUT2D eigenvalue weighted by atomic mass is 32.1. The second-order valence-corrected chi connectivity index (χ2v) is 4.03. The van der Waals surface area contributed by atoms with E-state index < -0.39 is 0 Å². The lowest BCUT2D eigenvalue weighted by Crippen LogP contribution is -1.69. The smallest absolute Gasteiger partial charge is 0.0991 e. The van der Waals surface area contributed by atoms with E-state index >= 15 is 0 Å². The molecule has 0 aliphatic carbocycles. The van der Waals surface area contributed by atoms with Gasteiger partial charge in [-0.2, -0.15) is 5.26 Å². The average molecular weight is 245 g/mol. The van der Waals surface area contributed by atoms with Gasteiger partial charge in [0.1, 0.15) is 0 Å². The molecule has 16 heavy (non-hydrogen) atoms. The minimum Gasteiger partial charge on any atom is -0.192 e. The van der Waals surface area contributed by atoms with Crippen molar-refractivity contribution in [2.45, 2.75) is 9.79 Å². The van der Waals surface area contributed by atoms with Gasteiger partial charge in [0.05, 0.1) is 11.6 Å². The highest BCUT2D eigenvalue weighted by Gasteiger charge is 1.85. The number of nitriles is 1. The summed E-state index contributed by atoms with van der Waals surface area (Å²) in [4.78, 5) is 1.90. The third-order valence-electron chi connectivity index (χ3n) is 1.75. The predicted molar refractivity (Wildman–Crippen MR) is 72.1 cm³/mol. The topological polar surface area (TPSA) is 23.8 Å². The third-order valence-corrected chi connectivity index (χ3v) is 2.35. The summed E-state index contributed by atoms with van der Waals surface area (Å²) in [5.74, 6) is 0. The number of nitrogens with zero attached hydrogens (tertiary/aromatic N) is 1. The molecular weight excluding hydrogens is 234 g/mol. The molecule has 0 radical (unpaired) electrons. The summed E-state index contributed by atoms with van der Waals surface area (Å²) >= 11 is 8.15. The second kappa shape index (κ2) is 7.00. The molecule has 2 rings (SSSR count). The van der Waals surface area contributed by atoms with E-state index in [1.165, 1.54) is 0 Å². The van der Waals surface area contributed by atoms with Crippen LogP contribution in [0.5, 0.6) is 0 Å². The lowest BCUT2D eigenvalue weighted by atomic mass is 10.2. The number of thiol groups is 2. The Bertz CT molecular complexity index is 458. The Morgan fingerprint density at radius 1 is 0.750 bits per heavy atom. The van der Waals surface area contributed by atoms with E-state index in [4.69, 9.17) is 5.26 Å². The summed E-state index contributed by atoms with van der Waals surface area (Å²) in [5.41, 5.74) is 0.674. The molecule has 2 aromatic carbocycles. The zero-order valence-electron chi connectivity index (χ0n) is 8.54. The summed E-state index contributed by atoms with van der Waals surface area (Å²) in [6, 6.07) is 18.9. The number of hydrogen-bond acceptors (Lipinski definition) is 3. The van der Waals surface area contributed by atoms with Crippen molar-refractivity contribution in [1.29, 1.82) is 5.26 Å². The first-order chi connectivity index (χ1) is 7.72. The van der Waals surface area contributed by atoms with Gasteiger partial charge in [0.25, 0.3) is 0 Å². The zero-order valence-corrected chi connectivity index (χ0v) is 10.3. The van der Waals surface area contributed by atoms with Gasteiger partial charge in [0.2, 0.25) is 0 Å². The van der Waals surface area contributed by atoms with Gasteiger partial charge in [-0.15, -0.1) is 25.3 Å². The molecule has 0 aliphatic rings. The molecule has 3 heteroatoms. The molecule has 1 nitrogen and oxygen atoms in total. The summed E-state index contributed by atoms with van der Waals surface area (Å²) in [5, 5.41) is 8.35. The van der Waals surface area contributed by atoms with E-state index in [1.807, 2.05) is 36.4 Å². The Kier molecular flexibility index (Phi) is 5.55. The predicted octanol–water partition coefficient (Wildman–Crippen LogP) is 3.82. The van der Waals surface area contributed by atoms with Crippen molar-refractivity contribution < 1.29 is 0 Å². The van der Waals surface area contributed by atoms with E-state index in [0.29, 0.717) is 5.56 Å². The molecule has 0 atom stereocenters. The first-order valence-electron chi connectivity index (χ1n) is 4.65. The van der Waals surface area contributed by atoms with Crippen molar-refractivity contribution in [3.8, 4) is 6.07 Å². The molecule has 0 saturated carbocycles. The molecule has 0 unspecified atom stereocenters. The molecule has 0 heterocycles. The molecule has 0 N–H and O–H groups in total. The molecule has 0 aliphatic heterocycles. The number of rotatable bonds is 0. The molecule has 80 valence electrons. The SMILES string of the molecule is N#Cc1ccc(S)cc1.Sc1ccccc1. The van der Waals surface area contributed by atoms with Crippen LogP contribution < -0.4 is 0 Å². The zero-order chi connectivity index (χ0) is 11.8. The minimum atomic E-state index is 0.674. The van der Waals surface area contributed by atoms with Crippen molar-refractivity contribution in [2.75, 3.05) is 0 Å². The monoisotopic (exact) mass is 245 g/mol. The van der Waals surface area contributed by atoms with Crippen LogP contribution in [0.2, 0.25) is 0 Å². The number of benzene rings is 2. The maximum absolute atomic E-state index is 8.35. The van der Waals surface area contributed by atoms with Crippen molar-refractivity contribution in [3.05, 3.63) is 60.2 Å². The summed E-state index contributed by atoms with van der Waals surface area (Å²) in [7, 11) is 0. The first kappa shape index (κ1) is 12.7. The largest absolute Gasteiger partial charge is 0.192 e. The maximum atomic E-state index is 8.35. The van der Waals surface area contributed by atoms with Crippen LogP contribution in [0.15, 0.2) is 64.4 Å². The molecule has 0 saturated heterocycles. The van der Waals surface area contributed by atoms with E-state index in [0.717, 1.165) is 9.79 Å². The average Bonchev–Trinajstić information content (AvgIpc) is 2.32. The van der Waals surface area contributed by atoms with E-state index in [-0.39, 0.29) is 0 Å². The van der Waals surface area contributed by atoms with Crippen LogP contribution in [0.4, 0.5) is 0 Å². The standard InChI is InChI=1S/C7H5NS.C6H6S/c8-5-6-1-3-7(9)4-2-6;7-6-4-2-1-3-5-6/h1-4,9H;1-5,7H. The van der Waals surface area contributed by atoms with E-state index in [9.17, 15) is 0 Å². The fraction of sp³-hybridized carbons (Fsp3) is 0. The molecule has 0 spiro atoms. The molecule has 0 aromatic heterocycles. The minimum absolute atomic E-state index is 0.674. The van der Waals surface area contributed by atoms with E-state index in [2.05, 4.69) is 25.3 Å². The van der Waals surface area contributed by atoms with Crippen LogP contribution >= 0.6 is 25.3 Å². The quantitative estimate of drug-likeness (QED) is 0.677. The Morgan fingerprint density at radius 3 is 1.62 bits per heavy atom. The lowest BCUT2D eigenvalue weighted by Gasteiger charge is -1.87.